The maximum absolute atomic E-state index is 12.9. The molecule has 0 aliphatic heterocycles. The van der Waals surface area contributed by atoms with Gasteiger partial charge in [0.2, 0.25) is 0 Å². The van der Waals surface area contributed by atoms with E-state index in [1.165, 1.54) is 18.5 Å². The van der Waals surface area contributed by atoms with Crippen LogP contribution in [-0.2, 0) is 0 Å². The summed E-state index contributed by atoms with van der Waals surface area (Å²) in [5, 5.41) is 0. The highest BCUT2D eigenvalue weighted by atomic mass is 19.1. The fraction of sp³-hybridized carbons (Fsp3) is 0.0833. The summed E-state index contributed by atoms with van der Waals surface area (Å²) in [6.07, 6.45) is 1.50. The van der Waals surface area contributed by atoms with Gasteiger partial charge < -0.3 is 4.98 Å². The molecule has 3 aromatic rings. The summed E-state index contributed by atoms with van der Waals surface area (Å²) in [5.41, 5.74) is 1.13. The highest BCUT2D eigenvalue weighted by Gasteiger charge is 2.10. The second kappa shape index (κ2) is 3.76. The largest absolute Gasteiger partial charge is 0.309 e. The van der Waals surface area contributed by atoms with Gasteiger partial charge >= 0.3 is 0 Å². The van der Waals surface area contributed by atoms with E-state index < -0.39 is 0 Å². The predicted octanol–water partition coefficient (Wildman–Crippen LogP) is 1.56. The smallest absolute Gasteiger partial charge is 0.277 e. The lowest BCUT2D eigenvalue weighted by atomic mass is 10.3. The third-order valence-electron chi connectivity index (χ3n) is 2.64. The number of benzene rings is 1. The van der Waals surface area contributed by atoms with Crippen LogP contribution in [0.5, 0.6) is 0 Å². The van der Waals surface area contributed by atoms with Gasteiger partial charge in [0, 0.05) is 5.69 Å². The Morgan fingerprint density at radius 3 is 2.72 bits per heavy atom. The molecule has 0 aliphatic rings. The Hall–Kier alpha value is -2.50. The normalized spacial score (nSPS) is 11.0. The average Bonchev–Trinajstić information content (AvgIpc) is 2.74. The molecule has 5 nitrogen and oxygen atoms in total. The van der Waals surface area contributed by atoms with Crippen LogP contribution in [0.4, 0.5) is 4.39 Å². The number of rotatable bonds is 1. The number of hydrogen-bond donors (Lipinski definition) is 1. The lowest BCUT2D eigenvalue weighted by Gasteiger charge is -2.03. The topological polar surface area (TPSA) is 63.6 Å². The van der Waals surface area contributed by atoms with Crippen molar-refractivity contribution < 1.29 is 4.39 Å². The van der Waals surface area contributed by atoms with E-state index in [2.05, 4.69) is 15.0 Å². The first kappa shape index (κ1) is 10.6. The van der Waals surface area contributed by atoms with Crippen LogP contribution in [-0.4, -0.2) is 19.5 Å². The van der Waals surface area contributed by atoms with E-state index in [0.717, 1.165) is 0 Å². The highest BCUT2D eigenvalue weighted by Crippen LogP contribution is 2.14. The first-order valence-corrected chi connectivity index (χ1v) is 5.35. The van der Waals surface area contributed by atoms with E-state index >= 15 is 0 Å². The lowest BCUT2D eigenvalue weighted by molar-refractivity contribution is 0.627. The minimum atomic E-state index is -0.328. The van der Waals surface area contributed by atoms with E-state index in [1.54, 1.807) is 23.6 Å². The summed E-state index contributed by atoms with van der Waals surface area (Å²) in [6.45, 7) is 1.69. The SMILES string of the molecule is Cc1nc2ncn(-c3ccc(F)cc3)c2c(=O)[nH]1. The van der Waals surface area contributed by atoms with Crippen molar-refractivity contribution in [1.29, 1.82) is 0 Å². The molecule has 0 amide bonds. The second-order valence-corrected chi connectivity index (χ2v) is 3.91. The number of nitrogens with one attached hydrogen (secondary N) is 1. The third-order valence-corrected chi connectivity index (χ3v) is 2.64. The molecule has 18 heavy (non-hydrogen) atoms. The molecule has 0 saturated heterocycles. The van der Waals surface area contributed by atoms with Gasteiger partial charge in [0.25, 0.3) is 5.56 Å². The first-order chi connectivity index (χ1) is 8.65. The Morgan fingerprint density at radius 1 is 1.28 bits per heavy atom. The van der Waals surface area contributed by atoms with Crippen LogP contribution >= 0.6 is 0 Å². The van der Waals surface area contributed by atoms with Crippen LogP contribution in [0, 0.1) is 12.7 Å². The average molecular weight is 244 g/mol. The Bertz CT molecular complexity index is 773. The summed E-state index contributed by atoms with van der Waals surface area (Å²) < 4.78 is 14.5. The molecule has 0 atom stereocenters. The van der Waals surface area contributed by atoms with Crippen LogP contribution in [0.15, 0.2) is 35.4 Å². The summed E-state index contributed by atoms with van der Waals surface area (Å²) in [7, 11) is 0. The number of imidazole rings is 1. The van der Waals surface area contributed by atoms with Gasteiger partial charge in [-0.2, -0.15) is 0 Å². The molecule has 0 radical (unpaired) electrons. The number of aromatic nitrogens is 4. The van der Waals surface area contributed by atoms with Crippen molar-refractivity contribution in [2.24, 2.45) is 0 Å². The summed E-state index contributed by atoms with van der Waals surface area (Å²) >= 11 is 0. The van der Waals surface area contributed by atoms with E-state index in [0.29, 0.717) is 22.7 Å². The van der Waals surface area contributed by atoms with E-state index in [9.17, 15) is 9.18 Å². The zero-order valence-electron chi connectivity index (χ0n) is 9.51. The van der Waals surface area contributed by atoms with Gasteiger partial charge in [-0.3, -0.25) is 9.36 Å². The monoisotopic (exact) mass is 244 g/mol. The number of nitrogens with zero attached hydrogens (tertiary/aromatic N) is 3. The fourth-order valence-electron chi connectivity index (χ4n) is 1.84. The van der Waals surface area contributed by atoms with Crippen LogP contribution in [0.25, 0.3) is 16.9 Å². The number of fused-ring (bicyclic) bond motifs is 1. The number of hydrogen-bond acceptors (Lipinski definition) is 3. The lowest BCUT2D eigenvalue weighted by Crippen LogP contribution is -2.12. The molecular formula is C12H9FN4O. The molecule has 0 fully saturated rings. The maximum Gasteiger partial charge on any atom is 0.277 e. The van der Waals surface area contributed by atoms with Crippen molar-refractivity contribution in [2.75, 3.05) is 0 Å². The molecule has 0 unspecified atom stereocenters. The van der Waals surface area contributed by atoms with Crippen molar-refractivity contribution in [3.05, 3.63) is 52.6 Å². The molecule has 1 N–H and O–H groups in total. The fourth-order valence-corrected chi connectivity index (χ4v) is 1.84. The van der Waals surface area contributed by atoms with Gasteiger partial charge in [-0.15, -0.1) is 0 Å². The number of H-pyrrole nitrogens is 1. The van der Waals surface area contributed by atoms with Crippen LogP contribution in [0.2, 0.25) is 0 Å². The molecule has 0 bridgehead atoms. The van der Waals surface area contributed by atoms with Crippen LogP contribution in [0.1, 0.15) is 5.82 Å². The molecule has 0 saturated carbocycles. The third kappa shape index (κ3) is 1.58. The minimum absolute atomic E-state index is 0.265. The van der Waals surface area contributed by atoms with E-state index in [-0.39, 0.29) is 11.4 Å². The molecule has 1 aromatic carbocycles. The number of aromatic amines is 1. The minimum Gasteiger partial charge on any atom is -0.309 e. The zero-order chi connectivity index (χ0) is 12.7. The summed E-state index contributed by atoms with van der Waals surface area (Å²) in [5.74, 6) is 0.183. The number of halogens is 1. The van der Waals surface area contributed by atoms with Crippen molar-refractivity contribution in [1.82, 2.24) is 19.5 Å². The second-order valence-electron chi connectivity index (χ2n) is 3.91. The van der Waals surface area contributed by atoms with Crippen molar-refractivity contribution in [2.45, 2.75) is 6.92 Å². The molecule has 0 aliphatic carbocycles. The van der Waals surface area contributed by atoms with Gasteiger partial charge in [-0.05, 0) is 31.2 Å². The van der Waals surface area contributed by atoms with Gasteiger partial charge in [-0.25, -0.2) is 14.4 Å². The Kier molecular flexibility index (Phi) is 2.22. The molecule has 6 heteroatoms. The maximum atomic E-state index is 12.9. The molecule has 3 rings (SSSR count). The molecule has 90 valence electrons. The van der Waals surface area contributed by atoms with Crippen molar-refractivity contribution in [3.8, 4) is 5.69 Å². The molecular weight excluding hydrogens is 235 g/mol. The first-order valence-electron chi connectivity index (χ1n) is 5.35. The van der Waals surface area contributed by atoms with Crippen molar-refractivity contribution in [3.63, 3.8) is 0 Å². The van der Waals surface area contributed by atoms with Gasteiger partial charge in [0.1, 0.15) is 18.0 Å². The van der Waals surface area contributed by atoms with E-state index in [4.69, 9.17) is 0 Å². The van der Waals surface area contributed by atoms with Gasteiger partial charge in [0.05, 0.1) is 0 Å². The number of aryl methyl sites for hydroxylation is 1. The Balaban J connectivity index is 2.30. The standard InChI is InChI=1S/C12H9FN4O/c1-7-15-11-10(12(18)16-7)17(6-14-11)9-4-2-8(13)3-5-9/h2-6H,1H3,(H,15,16,18). The summed E-state index contributed by atoms with van der Waals surface area (Å²) in [4.78, 5) is 22.7. The molecule has 2 aromatic heterocycles. The Morgan fingerprint density at radius 2 is 2.00 bits per heavy atom. The van der Waals surface area contributed by atoms with E-state index in [1.807, 2.05) is 0 Å². The predicted molar refractivity (Wildman–Crippen MR) is 64.2 cm³/mol. The van der Waals surface area contributed by atoms with Crippen LogP contribution in [0.3, 0.4) is 0 Å². The van der Waals surface area contributed by atoms with Gasteiger partial charge in [-0.1, -0.05) is 0 Å². The zero-order valence-corrected chi connectivity index (χ0v) is 9.51. The molecule has 2 heterocycles. The van der Waals surface area contributed by atoms with Crippen molar-refractivity contribution >= 4 is 11.2 Å². The molecule has 0 spiro atoms. The Labute approximate surface area is 101 Å². The summed E-state index contributed by atoms with van der Waals surface area (Å²) in [6, 6.07) is 5.82. The van der Waals surface area contributed by atoms with Gasteiger partial charge in [0.15, 0.2) is 11.2 Å². The quantitative estimate of drug-likeness (QED) is 0.706. The van der Waals surface area contributed by atoms with Crippen LogP contribution < -0.4 is 5.56 Å². The highest BCUT2D eigenvalue weighted by molar-refractivity contribution is 5.72.